The van der Waals surface area contributed by atoms with E-state index in [4.69, 9.17) is 5.11 Å². The molecule has 1 heterocycles. The van der Waals surface area contributed by atoms with Gasteiger partial charge >= 0.3 is 6.09 Å². The highest BCUT2D eigenvalue weighted by Gasteiger charge is 2.28. The fraction of sp³-hybridized carbons (Fsp3) is 0.364. The largest absolute Gasteiger partial charge is 0.465 e. The van der Waals surface area contributed by atoms with Gasteiger partial charge < -0.3 is 10.0 Å². The number of carbonyl (C=O) groups is 1. The minimum Gasteiger partial charge on any atom is -0.465 e. The molecule has 0 atom stereocenters. The molecule has 1 aromatic rings. The Morgan fingerprint density at radius 3 is 2.67 bits per heavy atom. The van der Waals surface area contributed by atoms with E-state index in [0.29, 0.717) is 10.0 Å². The Kier molecular flexibility index (Phi) is 3.52. The number of hydrogen-bond acceptors (Lipinski definition) is 1. The standard InChI is InChI=1S/C11H9BrF3NO2/c12-8-3-6(10(14)15)9(13)5-1-2-16(11(17)18)4-7(5)8/h3,10H,1-2,4H2,(H,17,18). The first-order valence-electron chi connectivity index (χ1n) is 5.17. The lowest BCUT2D eigenvalue weighted by Crippen LogP contribution is -2.35. The third-order valence-electron chi connectivity index (χ3n) is 2.94. The molecule has 98 valence electrons. The fourth-order valence-electron chi connectivity index (χ4n) is 2.01. The third-order valence-corrected chi connectivity index (χ3v) is 3.65. The maximum absolute atomic E-state index is 13.8. The van der Waals surface area contributed by atoms with Crippen molar-refractivity contribution in [2.75, 3.05) is 6.54 Å². The summed E-state index contributed by atoms with van der Waals surface area (Å²) in [5.74, 6) is -0.923. The van der Waals surface area contributed by atoms with Gasteiger partial charge in [-0.3, -0.25) is 0 Å². The smallest absolute Gasteiger partial charge is 0.407 e. The monoisotopic (exact) mass is 323 g/mol. The van der Waals surface area contributed by atoms with Gasteiger partial charge in [-0.25, -0.2) is 18.0 Å². The average Bonchev–Trinajstić information content (AvgIpc) is 2.32. The molecule has 0 aromatic heterocycles. The Hall–Kier alpha value is -1.24. The second-order valence-electron chi connectivity index (χ2n) is 3.97. The Morgan fingerprint density at radius 1 is 1.44 bits per heavy atom. The molecule has 0 saturated carbocycles. The van der Waals surface area contributed by atoms with Crippen molar-refractivity contribution < 1.29 is 23.1 Å². The van der Waals surface area contributed by atoms with Crippen LogP contribution in [0.25, 0.3) is 0 Å². The van der Waals surface area contributed by atoms with Crippen LogP contribution in [0.4, 0.5) is 18.0 Å². The zero-order valence-electron chi connectivity index (χ0n) is 9.09. The van der Waals surface area contributed by atoms with Gasteiger partial charge in [-0.1, -0.05) is 15.9 Å². The van der Waals surface area contributed by atoms with Gasteiger partial charge in [-0.05, 0) is 23.6 Å². The molecule has 7 heteroatoms. The Balaban J connectivity index is 2.48. The van der Waals surface area contributed by atoms with E-state index in [1.54, 1.807) is 0 Å². The van der Waals surface area contributed by atoms with Crippen molar-refractivity contribution in [2.24, 2.45) is 0 Å². The summed E-state index contributed by atoms with van der Waals surface area (Å²) >= 11 is 3.09. The van der Waals surface area contributed by atoms with Gasteiger partial charge in [-0.2, -0.15) is 0 Å². The van der Waals surface area contributed by atoms with Crippen LogP contribution in [0.3, 0.4) is 0 Å². The van der Waals surface area contributed by atoms with Gasteiger partial charge in [-0.15, -0.1) is 0 Å². The number of carboxylic acid groups (broad SMARTS) is 1. The molecule has 18 heavy (non-hydrogen) atoms. The van der Waals surface area contributed by atoms with E-state index in [-0.39, 0.29) is 25.1 Å². The van der Waals surface area contributed by atoms with Crippen molar-refractivity contribution in [2.45, 2.75) is 19.4 Å². The lowest BCUT2D eigenvalue weighted by Gasteiger charge is -2.28. The van der Waals surface area contributed by atoms with Crippen LogP contribution in [0.5, 0.6) is 0 Å². The predicted octanol–water partition coefficient (Wildman–Crippen LogP) is 3.56. The lowest BCUT2D eigenvalue weighted by molar-refractivity contribution is 0.136. The number of rotatable bonds is 1. The minimum absolute atomic E-state index is 0.00564. The van der Waals surface area contributed by atoms with Gasteiger partial charge in [0, 0.05) is 11.0 Å². The molecule has 1 aliphatic heterocycles. The quantitative estimate of drug-likeness (QED) is 0.858. The molecule has 3 nitrogen and oxygen atoms in total. The normalized spacial score (nSPS) is 14.8. The third kappa shape index (κ3) is 2.19. The number of nitrogens with zero attached hydrogens (tertiary/aromatic N) is 1. The van der Waals surface area contributed by atoms with Crippen molar-refractivity contribution >= 4 is 22.0 Å². The highest BCUT2D eigenvalue weighted by molar-refractivity contribution is 9.10. The second-order valence-corrected chi connectivity index (χ2v) is 4.83. The van der Waals surface area contributed by atoms with Crippen LogP contribution in [-0.4, -0.2) is 22.6 Å². The summed E-state index contributed by atoms with van der Waals surface area (Å²) in [6, 6.07) is 1.02. The first kappa shape index (κ1) is 13.2. The second kappa shape index (κ2) is 4.79. The first-order chi connectivity index (χ1) is 8.41. The summed E-state index contributed by atoms with van der Waals surface area (Å²) in [6.45, 7) is 0.115. The van der Waals surface area contributed by atoms with Crippen LogP contribution in [-0.2, 0) is 13.0 Å². The molecule has 0 radical (unpaired) electrons. The van der Waals surface area contributed by atoms with Crippen LogP contribution < -0.4 is 0 Å². The summed E-state index contributed by atoms with van der Waals surface area (Å²) < 4.78 is 39.4. The van der Waals surface area contributed by atoms with Crippen molar-refractivity contribution in [3.63, 3.8) is 0 Å². The van der Waals surface area contributed by atoms with Crippen LogP contribution in [0.2, 0.25) is 0 Å². The summed E-state index contributed by atoms with van der Waals surface area (Å²) in [5, 5.41) is 8.86. The van der Waals surface area contributed by atoms with Crippen LogP contribution in [0.1, 0.15) is 23.1 Å². The number of alkyl halides is 2. The molecule has 0 unspecified atom stereocenters. The molecule has 1 aromatic carbocycles. The maximum Gasteiger partial charge on any atom is 0.407 e. The molecule has 0 fully saturated rings. The molecule has 0 aliphatic carbocycles. The lowest BCUT2D eigenvalue weighted by atomic mass is 9.96. The SMILES string of the molecule is O=C(O)N1CCc2c(F)c(C(F)F)cc(Br)c2C1. The molecule has 0 spiro atoms. The van der Waals surface area contributed by atoms with Gasteiger partial charge in [0.15, 0.2) is 0 Å². The van der Waals surface area contributed by atoms with Crippen molar-refractivity contribution in [3.8, 4) is 0 Å². The zero-order chi connectivity index (χ0) is 13.4. The summed E-state index contributed by atoms with van der Waals surface area (Å²) in [4.78, 5) is 12.0. The summed E-state index contributed by atoms with van der Waals surface area (Å²) in [6.07, 6.45) is -3.89. The molecule has 2 rings (SSSR count). The molecule has 1 N–H and O–H groups in total. The van der Waals surface area contributed by atoms with Crippen LogP contribution in [0, 0.1) is 5.82 Å². The van der Waals surface area contributed by atoms with E-state index in [9.17, 15) is 18.0 Å². The molecule has 0 saturated heterocycles. The first-order valence-corrected chi connectivity index (χ1v) is 5.96. The molecule has 1 amide bonds. The Morgan fingerprint density at radius 2 is 2.11 bits per heavy atom. The number of fused-ring (bicyclic) bond motifs is 1. The number of benzene rings is 1. The molecule has 0 bridgehead atoms. The van der Waals surface area contributed by atoms with Crippen LogP contribution in [0.15, 0.2) is 10.5 Å². The Bertz CT molecular complexity index is 508. The Labute approximate surface area is 109 Å². The van der Waals surface area contributed by atoms with E-state index < -0.39 is 23.9 Å². The number of hydrogen-bond donors (Lipinski definition) is 1. The van der Waals surface area contributed by atoms with E-state index in [2.05, 4.69) is 15.9 Å². The van der Waals surface area contributed by atoms with Crippen LogP contribution >= 0.6 is 15.9 Å². The predicted molar refractivity (Wildman–Crippen MR) is 61.2 cm³/mol. The summed E-state index contributed by atoms with van der Waals surface area (Å²) in [7, 11) is 0. The molecule has 1 aliphatic rings. The topological polar surface area (TPSA) is 40.5 Å². The number of amides is 1. The van der Waals surface area contributed by atoms with E-state index in [0.717, 1.165) is 11.0 Å². The average molecular weight is 324 g/mol. The van der Waals surface area contributed by atoms with Crippen molar-refractivity contribution in [1.29, 1.82) is 0 Å². The van der Waals surface area contributed by atoms with Gasteiger partial charge in [0.1, 0.15) is 5.82 Å². The molecular formula is C11H9BrF3NO2. The fourth-order valence-corrected chi connectivity index (χ4v) is 2.62. The molecular weight excluding hydrogens is 315 g/mol. The minimum atomic E-state index is -2.89. The van der Waals surface area contributed by atoms with E-state index in [1.165, 1.54) is 0 Å². The maximum atomic E-state index is 13.8. The zero-order valence-corrected chi connectivity index (χ0v) is 10.7. The summed E-state index contributed by atoms with van der Waals surface area (Å²) in [5.41, 5.74) is -0.0490. The number of halogens is 4. The van der Waals surface area contributed by atoms with Crippen molar-refractivity contribution in [3.05, 3.63) is 33.0 Å². The highest BCUT2D eigenvalue weighted by Crippen LogP contribution is 2.34. The van der Waals surface area contributed by atoms with E-state index in [1.807, 2.05) is 0 Å². The van der Waals surface area contributed by atoms with Gasteiger partial charge in [0.25, 0.3) is 6.43 Å². The highest BCUT2D eigenvalue weighted by atomic mass is 79.9. The van der Waals surface area contributed by atoms with Gasteiger partial charge in [0.2, 0.25) is 0 Å². The van der Waals surface area contributed by atoms with Crippen molar-refractivity contribution in [1.82, 2.24) is 4.90 Å². The van der Waals surface area contributed by atoms with Gasteiger partial charge in [0.05, 0.1) is 12.1 Å². The van der Waals surface area contributed by atoms with E-state index >= 15 is 0 Å².